The van der Waals surface area contributed by atoms with E-state index in [1.165, 1.54) is 7.11 Å². The van der Waals surface area contributed by atoms with Crippen LogP contribution in [-0.4, -0.2) is 57.7 Å². The number of sulfone groups is 1. The average molecular weight is 471 g/mol. The molecule has 0 bridgehead atoms. The quantitative estimate of drug-likeness (QED) is 0.486. The molecule has 4 rings (SSSR count). The number of methoxy groups -OCH3 is 1. The highest BCUT2D eigenvalue weighted by Crippen LogP contribution is 2.25. The summed E-state index contributed by atoms with van der Waals surface area (Å²) < 4.78 is 41.8. The van der Waals surface area contributed by atoms with Crippen LogP contribution in [0.4, 0.5) is 0 Å². The minimum absolute atomic E-state index is 0.250. The fourth-order valence-corrected chi connectivity index (χ4v) is 4.98. The van der Waals surface area contributed by atoms with Crippen molar-refractivity contribution in [1.29, 1.82) is 0 Å². The molecule has 0 unspecified atom stereocenters. The standard InChI is InChI=1S/C24H26N2O6S/c1-17-22(25-23(32-17)19-5-7-20(8-6-19)24(27)30-2)16-33(28,29)21-9-3-18(4-10-21)15-26-11-13-31-14-12-26/h3-10H,11-16H2,1-2H3. The summed E-state index contributed by atoms with van der Waals surface area (Å²) in [6.45, 7) is 5.65. The van der Waals surface area contributed by atoms with Crippen molar-refractivity contribution >= 4 is 15.8 Å². The lowest BCUT2D eigenvalue weighted by molar-refractivity contribution is 0.0342. The molecule has 2 heterocycles. The molecule has 9 heteroatoms. The van der Waals surface area contributed by atoms with Gasteiger partial charge in [-0.05, 0) is 48.9 Å². The lowest BCUT2D eigenvalue weighted by Crippen LogP contribution is -2.35. The molecule has 8 nitrogen and oxygen atoms in total. The fraction of sp³-hybridized carbons (Fsp3) is 0.333. The number of aryl methyl sites for hydroxylation is 1. The van der Waals surface area contributed by atoms with Crippen molar-refractivity contribution < 1.29 is 27.1 Å². The van der Waals surface area contributed by atoms with Gasteiger partial charge in [-0.2, -0.15) is 0 Å². The number of rotatable bonds is 7. The Labute approximate surface area is 193 Å². The van der Waals surface area contributed by atoms with Crippen LogP contribution in [-0.2, 0) is 31.6 Å². The maximum atomic E-state index is 13.0. The van der Waals surface area contributed by atoms with Crippen molar-refractivity contribution in [3.8, 4) is 11.5 Å². The highest BCUT2D eigenvalue weighted by atomic mass is 32.2. The van der Waals surface area contributed by atoms with Crippen LogP contribution in [0.15, 0.2) is 57.8 Å². The van der Waals surface area contributed by atoms with Gasteiger partial charge < -0.3 is 13.9 Å². The first kappa shape index (κ1) is 23.2. The number of hydrogen-bond acceptors (Lipinski definition) is 8. The molecule has 3 aromatic rings. The maximum Gasteiger partial charge on any atom is 0.337 e. The third-order valence-corrected chi connectivity index (χ3v) is 7.21. The zero-order valence-corrected chi connectivity index (χ0v) is 19.4. The third kappa shape index (κ3) is 5.50. The van der Waals surface area contributed by atoms with Crippen LogP contribution >= 0.6 is 0 Å². The summed E-state index contributed by atoms with van der Waals surface area (Å²) in [6, 6.07) is 13.6. The predicted molar refractivity (Wildman–Crippen MR) is 121 cm³/mol. The van der Waals surface area contributed by atoms with Gasteiger partial charge in [-0.25, -0.2) is 18.2 Å². The number of oxazole rings is 1. The molecule has 0 spiro atoms. The number of carbonyl (C=O) groups is 1. The van der Waals surface area contributed by atoms with Crippen molar-refractivity contribution in [1.82, 2.24) is 9.88 Å². The van der Waals surface area contributed by atoms with Crippen LogP contribution < -0.4 is 0 Å². The highest BCUT2D eigenvalue weighted by molar-refractivity contribution is 7.90. The second-order valence-electron chi connectivity index (χ2n) is 7.88. The Hall–Kier alpha value is -3.01. The van der Waals surface area contributed by atoms with E-state index in [1.54, 1.807) is 43.3 Å². The molecule has 1 aromatic heterocycles. The number of esters is 1. The van der Waals surface area contributed by atoms with E-state index in [4.69, 9.17) is 13.9 Å². The number of nitrogens with zero attached hydrogens (tertiary/aromatic N) is 2. The van der Waals surface area contributed by atoms with Gasteiger partial charge in [0.25, 0.3) is 0 Å². The zero-order valence-electron chi connectivity index (χ0n) is 18.6. The van der Waals surface area contributed by atoms with Gasteiger partial charge in [0.05, 0.1) is 36.5 Å². The summed E-state index contributed by atoms with van der Waals surface area (Å²) in [5, 5.41) is 0. The van der Waals surface area contributed by atoms with Gasteiger partial charge in [0.2, 0.25) is 5.89 Å². The van der Waals surface area contributed by atoms with Crippen molar-refractivity contribution in [2.45, 2.75) is 24.1 Å². The van der Waals surface area contributed by atoms with Gasteiger partial charge in [0.15, 0.2) is 9.84 Å². The van der Waals surface area contributed by atoms with Crippen LogP contribution in [0, 0.1) is 6.92 Å². The first-order valence-corrected chi connectivity index (χ1v) is 12.3. The van der Waals surface area contributed by atoms with Crippen LogP contribution in [0.5, 0.6) is 0 Å². The predicted octanol–water partition coefficient (Wildman–Crippen LogP) is 3.24. The molecule has 0 atom stereocenters. The first-order chi connectivity index (χ1) is 15.9. The van der Waals surface area contributed by atoms with E-state index in [1.807, 2.05) is 12.1 Å². The lowest BCUT2D eigenvalue weighted by Gasteiger charge is -2.26. The van der Waals surface area contributed by atoms with Crippen molar-refractivity contribution in [3.05, 3.63) is 71.1 Å². The number of morpholine rings is 1. The normalized spacial score (nSPS) is 14.8. The highest BCUT2D eigenvalue weighted by Gasteiger charge is 2.21. The zero-order chi connectivity index (χ0) is 23.4. The van der Waals surface area contributed by atoms with Crippen LogP contribution in [0.1, 0.15) is 27.4 Å². The molecule has 0 amide bonds. The summed E-state index contributed by atoms with van der Waals surface area (Å²) in [4.78, 5) is 18.5. The maximum absolute atomic E-state index is 13.0. The Bertz CT molecular complexity index is 1210. The summed E-state index contributed by atoms with van der Waals surface area (Å²) in [5.41, 5.74) is 2.47. The molecule has 1 fully saturated rings. The molecule has 0 aliphatic carbocycles. The number of aromatic nitrogens is 1. The van der Waals surface area contributed by atoms with Crippen molar-refractivity contribution in [2.24, 2.45) is 0 Å². The second kappa shape index (κ2) is 9.86. The van der Waals surface area contributed by atoms with Crippen LogP contribution in [0.2, 0.25) is 0 Å². The summed E-state index contributed by atoms with van der Waals surface area (Å²) in [7, 11) is -2.28. The van der Waals surface area contributed by atoms with Crippen LogP contribution in [0.3, 0.4) is 0 Å². The molecular formula is C24H26N2O6S. The Balaban J connectivity index is 1.46. The Morgan fingerprint density at radius 3 is 2.36 bits per heavy atom. The number of hydrogen-bond donors (Lipinski definition) is 0. The SMILES string of the molecule is COC(=O)c1ccc(-c2nc(CS(=O)(=O)c3ccc(CN4CCOCC4)cc3)c(C)o2)cc1. The minimum Gasteiger partial charge on any atom is -0.465 e. The summed E-state index contributed by atoms with van der Waals surface area (Å²) in [6.07, 6.45) is 0. The summed E-state index contributed by atoms with van der Waals surface area (Å²) >= 11 is 0. The molecule has 2 aromatic carbocycles. The van der Waals surface area contributed by atoms with E-state index < -0.39 is 15.8 Å². The third-order valence-electron chi connectivity index (χ3n) is 5.56. The van der Waals surface area contributed by atoms with E-state index >= 15 is 0 Å². The van der Waals surface area contributed by atoms with E-state index in [9.17, 15) is 13.2 Å². The molecule has 174 valence electrons. The molecule has 0 saturated carbocycles. The average Bonchev–Trinajstić information content (AvgIpc) is 3.19. The van der Waals surface area contributed by atoms with Gasteiger partial charge in [-0.3, -0.25) is 4.90 Å². The first-order valence-electron chi connectivity index (χ1n) is 10.6. The molecule has 1 aliphatic heterocycles. The smallest absolute Gasteiger partial charge is 0.337 e. The van der Waals surface area contributed by atoms with E-state index in [0.717, 1.165) is 38.4 Å². The second-order valence-corrected chi connectivity index (χ2v) is 9.87. The van der Waals surface area contributed by atoms with Gasteiger partial charge in [0.1, 0.15) is 11.5 Å². The molecular weight excluding hydrogens is 444 g/mol. The number of benzene rings is 2. The number of carbonyl (C=O) groups excluding carboxylic acids is 1. The van der Waals surface area contributed by atoms with Gasteiger partial charge in [0, 0.05) is 25.2 Å². The largest absolute Gasteiger partial charge is 0.465 e. The van der Waals surface area contributed by atoms with E-state index in [2.05, 4.69) is 9.88 Å². The Morgan fingerprint density at radius 1 is 1.06 bits per heavy atom. The fourth-order valence-electron chi connectivity index (χ4n) is 3.64. The van der Waals surface area contributed by atoms with Crippen molar-refractivity contribution in [3.63, 3.8) is 0 Å². The van der Waals surface area contributed by atoms with Gasteiger partial charge >= 0.3 is 5.97 Å². The Kier molecular flexibility index (Phi) is 6.92. The molecule has 33 heavy (non-hydrogen) atoms. The van der Waals surface area contributed by atoms with E-state index in [0.29, 0.717) is 28.5 Å². The summed E-state index contributed by atoms with van der Waals surface area (Å²) in [5.74, 6) is 0.0446. The topological polar surface area (TPSA) is 98.9 Å². The molecule has 1 aliphatic rings. The van der Waals surface area contributed by atoms with Gasteiger partial charge in [-0.15, -0.1) is 0 Å². The van der Waals surface area contributed by atoms with E-state index in [-0.39, 0.29) is 10.6 Å². The van der Waals surface area contributed by atoms with Crippen LogP contribution in [0.25, 0.3) is 11.5 Å². The minimum atomic E-state index is -3.59. The molecule has 0 radical (unpaired) electrons. The van der Waals surface area contributed by atoms with Gasteiger partial charge in [-0.1, -0.05) is 12.1 Å². The monoisotopic (exact) mass is 470 g/mol. The molecule has 0 N–H and O–H groups in total. The Morgan fingerprint density at radius 2 is 1.73 bits per heavy atom. The molecule has 1 saturated heterocycles. The number of ether oxygens (including phenoxy) is 2. The van der Waals surface area contributed by atoms with Crippen molar-refractivity contribution in [2.75, 3.05) is 33.4 Å². The lowest BCUT2D eigenvalue weighted by atomic mass is 10.1.